The second-order valence-electron chi connectivity index (χ2n) is 5.56. The van der Waals surface area contributed by atoms with Gasteiger partial charge < -0.3 is 14.9 Å². The molecule has 1 fully saturated rings. The first-order chi connectivity index (χ1) is 9.15. The van der Waals surface area contributed by atoms with E-state index in [2.05, 4.69) is 24.8 Å². The van der Waals surface area contributed by atoms with Crippen LogP contribution in [0.25, 0.3) is 0 Å². The summed E-state index contributed by atoms with van der Waals surface area (Å²) in [6, 6.07) is 2.71. The average molecular weight is 266 g/mol. The van der Waals surface area contributed by atoms with Gasteiger partial charge in [-0.1, -0.05) is 0 Å². The first-order valence-electron chi connectivity index (χ1n) is 7.17. The van der Waals surface area contributed by atoms with Gasteiger partial charge >= 0.3 is 0 Å². The van der Waals surface area contributed by atoms with Gasteiger partial charge in [-0.25, -0.2) is 0 Å². The second kappa shape index (κ2) is 6.55. The van der Waals surface area contributed by atoms with E-state index in [1.807, 2.05) is 0 Å². The molecule has 108 valence electrons. The molecule has 2 rings (SSSR count). The van der Waals surface area contributed by atoms with Crippen molar-refractivity contribution in [2.75, 3.05) is 20.3 Å². The summed E-state index contributed by atoms with van der Waals surface area (Å²) in [5.74, 6) is 2.77. The predicted octanol–water partition coefficient (Wildman–Crippen LogP) is 2.29. The minimum Gasteiger partial charge on any atom is -0.463 e. The SMILES string of the molecule is COCCN(Cc1cc(C)c(CN)o1)C(C)C1CC1. The topological polar surface area (TPSA) is 51.6 Å². The average Bonchev–Trinajstić information content (AvgIpc) is 3.18. The minimum atomic E-state index is 0.474. The fourth-order valence-corrected chi connectivity index (χ4v) is 2.58. The van der Waals surface area contributed by atoms with Crippen LogP contribution in [0.15, 0.2) is 10.5 Å². The number of nitrogens with zero attached hydrogens (tertiary/aromatic N) is 1. The molecule has 0 radical (unpaired) electrons. The Bertz CT molecular complexity index is 399. The molecule has 0 aromatic carbocycles. The Morgan fingerprint density at radius 2 is 2.26 bits per heavy atom. The molecule has 1 atom stereocenters. The lowest BCUT2D eigenvalue weighted by molar-refractivity contribution is 0.105. The fourth-order valence-electron chi connectivity index (χ4n) is 2.58. The lowest BCUT2D eigenvalue weighted by atomic mass is 10.1. The number of hydrogen-bond donors (Lipinski definition) is 1. The zero-order chi connectivity index (χ0) is 13.8. The molecular formula is C15H26N2O2. The van der Waals surface area contributed by atoms with Crippen LogP contribution < -0.4 is 5.73 Å². The molecule has 1 aromatic heterocycles. The highest BCUT2D eigenvalue weighted by atomic mass is 16.5. The smallest absolute Gasteiger partial charge is 0.120 e. The third-order valence-corrected chi connectivity index (χ3v) is 4.08. The van der Waals surface area contributed by atoms with Crippen LogP contribution in [-0.2, 0) is 17.8 Å². The number of rotatable bonds is 8. The number of aryl methyl sites for hydroxylation is 1. The third kappa shape index (κ3) is 3.81. The fraction of sp³-hybridized carbons (Fsp3) is 0.733. The molecule has 1 aromatic rings. The number of nitrogens with two attached hydrogens (primary N) is 1. The molecule has 1 aliphatic rings. The van der Waals surface area contributed by atoms with Crippen LogP contribution in [0.3, 0.4) is 0 Å². The predicted molar refractivity (Wildman–Crippen MR) is 75.8 cm³/mol. The van der Waals surface area contributed by atoms with E-state index in [0.717, 1.165) is 42.7 Å². The Balaban J connectivity index is 2.00. The van der Waals surface area contributed by atoms with Crippen LogP contribution in [0.1, 0.15) is 36.8 Å². The molecule has 4 heteroatoms. The van der Waals surface area contributed by atoms with E-state index in [4.69, 9.17) is 14.9 Å². The maximum atomic E-state index is 5.82. The summed E-state index contributed by atoms with van der Waals surface area (Å²) in [6.45, 7) is 7.41. The molecule has 0 spiro atoms. The van der Waals surface area contributed by atoms with Crippen molar-refractivity contribution >= 4 is 0 Å². The van der Waals surface area contributed by atoms with Gasteiger partial charge in [0.1, 0.15) is 11.5 Å². The van der Waals surface area contributed by atoms with Gasteiger partial charge in [0.2, 0.25) is 0 Å². The molecule has 1 heterocycles. The zero-order valence-corrected chi connectivity index (χ0v) is 12.3. The van der Waals surface area contributed by atoms with Crippen molar-refractivity contribution in [3.63, 3.8) is 0 Å². The highest BCUT2D eigenvalue weighted by Gasteiger charge is 2.32. The molecule has 1 unspecified atom stereocenters. The molecular weight excluding hydrogens is 240 g/mol. The Kier molecular flexibility index (Phi) is 5.02. The van der Waals surface area contributed by atoms with Crippen molar-refractivity contribution in [2.24, 2.45) is 11.7 Å². The summed E-state index contributed by atoms with van der Waals surface area (Å²) < 4.78 is 11.0. The summed E-state index contributed by atoms with van der Waals surface area (Å²) in [5, 5.41) is 0. The summed E-state index contributed by atoms with van der Waals surface area (Å²) in [4.78, 5) is 2.46. The molecule has 2 N–H and O–H groups in total. The Labute approximate surface area is 115 Å². The first-order valence-corrected chi connectivity index (χ1v) is 7.17. The van der Waals surface area contributed by atoms with Gasteiger partial charge in [0.05, 0.1) is 19.7 Å². The quantitative estimate of drug-likeness (QED) is 0.784. The van der Waals surface area contributed by atoms with Crippen molar-refractivity contribution in [2.45, 2.75) is 45.8 Å². The number of hydrogen-bond acceptors (Lipinski definition) is 4. The minimum absolute atomic E-state index is 0.474. The van der Waals surface area contributed by atoms with Crippen LogP contribution >= 0.6 is 0 Å². The number of ether oxygens (including phenoxy) is 1. The zero-order valence-electron chi connectivity index (χ0n) is 12.3. The molecule has 0 amide bonds. The van der Waals surface area contributed by atoms with E-state index in [-0.39, 0.29) is 0 Å². The van der Waals surface area contributed by atoms with Gasteiger partial charge in [-0.15, -0.1) is 0 Å². The van der Waals surface area contributed by atoms with Gasteiger partial charge in [0, 0.05) is 19.7 Å². The standard InChI is InChI=1S/C15H26N2O2/c1-11-8-14(19-15(11)9-16)10-17(6-7-18-3)12(2)13-4-5-13/h8,12-13H,4-7,9-10,16H2,1-3H3. The van der Waals surface area contributed by atoms with Crippen LogP contribution in [0.5, 0.6) is 0 Å². The maximum Gasteiger partial charge on any atom is 0.120 e. The van der Waals surface area contributed by atoms with Crippen molar-refractivity contribution in [1.82, 2.24) is 4.90 Å². The highest BCUT2D eigenvalue weighted by molar-refractivity contribution is 5.19. The molecule has 0 bridgehead atoms. The lowest BCUT2D eigenvalue weighted by Crippen LogP contribution is -2.36. The summed E-state index contributed by atoms with van der Waals surface area (Å²) in [7, 11) is 1.75. The van der Waals surface area contributed by atoms with E-state index in [9.17, 15) is 0 Å². The van der Waals surface area contributed by atoms with Crippen molar-refractivity contribution < 1.29 is 9.15 Å². The van der Waals surface area contributed by atoms with Crippen LogP contribution in [0, 0.1) is 12.8 Å². The van der Waals surface area contributed by atoms with Crippen LogP contribution in [0.2, 0.25) is 0 Å². The molecule has 0 saturated heterocycles. The molecule has 19 heavy (non-hydrogen) atoms. The van der Waals surface area contributed by atoms with E-state index in [1.54, 1.807) is 7.11 Å². The molecule has 0 aliphatic heterocycles. The molecule has 4 nitrogen and oxygen atoms in total. The normalized spacial score (nSPS) is 17.1. The molecule has 1 saturated carbocycles. The van der Waals surface area contributed by atoms with Crippen molar-refractivity contribution in [1.29, 1.82) is 0 Å². The first kappa shape index (κ1) is 14.6. The maximum absolute atomic E-state index is 5.82. The van der Waals surface area contributed by atoms with Crippen molar-refractivity contribution in [3.8, 4) is 0 Å². The third-order valence-electron chi connectivity index (χ3n) is 4.08. The summed E-state index contributed by atoms with van der Waals surface area (Å²) in [5.41, 5.74) is 6.82. The second-order valence-corrected chi connectivity index (χ2v) is 5.56. The van der Waals surface area contributed by atoms with E-state index >= 15 is 0 Å². The largest absolute Gasteiger partial charge is 0.463 e. The number of furan rings is 1. The Morgan fingerprint density at radius 1 is 1.53 bits per heavy atom. The summed E-state index contributed by atoms with van der Waals surface area (Å²) >= 11 is 0. The van der Waals surface area contributed by atoms with Gasteiger partial charge in [0.25, 0.3) is 0 Å². The van der Waals surface area contributed by atoms with Crippen LogP contribution in [0.4, 0.5) is 0 Å². The monoisotopic (exact) mass is 266 g/mol. The number of methoxy groups -OCH3 is 1. The van der Waals surface area contributed by atoms with Gasteiger partial charge in [-0.05, 0) is 44.2 Å². The van der Waals surface area contributed by atoms with Crippen molar-refractivity contribution in [3.05, 3.63) is 23.2 Å². The van der Waals surface area contributed by atoms with E-state index in [0.29, 0.717) is 12.6 Å². The Hall–Kier alpha value is -0.840. The van der Waals surface area contributed by atoms with Gasteiger partial charge in [-0.3, -0.25) is 4.90 Å². The van der Waals surface area contributed by atoms with Crippen LogP contribution in [-0.4, -0.2) is 31.2 Å². The lowest BCUT2D eigenvalue weighted by Gasteiger charge is -2.28. The molecule has 1 aliphatic carbocycles. The highest BCUT2D eigenvalue weighted by Crippen LogP contribution is 2.35. The van der Waals surface area contributed by atoms with E-state index in [1.165, 1.54) is 12.8 Å². The van der Waals surface area contributed by atoms with E-state index < -0.39 is 0 Å². The summed E-state index contributed by atoms with van der Waals surface area (Å²) in [6.07, 6.45) is 2.71. The van der Waals surface area contributed by atoms with Gasteiger partial charge in [-0.2, -0.15) is 0 Å². The Morgan fingerprint density at radius 3 is 2.79 bits per heavy atom. The van der Waals surface area contributed by atoms with Gasteiger partial charge in [0.15, 0.2) is 0 Å².